The van der Waals surface area contributed by atoms with Gasteiger partial charge < -0.3 is 4.74 Å². The number of anilines is 1. The molecule has 0 aliphatic heterocycles. The summed E-state index contributed by atoms with van der Waals surface area (Å²) < 4.78 is 33.2. The van der Waals surface area contributed by atoms with Crippen LogP contribution < -0.4 is 9.46 Å². The predicted octanol–water partition coefficient (Wildman–Crippen LogP) is 4.21. The summed E-state index contributed by atoms with van der Waals surface area (Å²) in [6.45, 7) is 0.108. The van der Waals surface area contributed by atoms with Crippen molar-refractivity contribution in [2.24, 2.45) is 0 Å². The van der Waals surface area contributed by atoms with E-state index in [4.69, 9.17) is 39.5 Å². The first-order valence-electron chi connectivity index (χ1n) is 7.38. The van der Waals surface area contributed by atoms with Crippen molar-refractivity contribution in [1.82, 2.24) is 15.0 Å². The number of benzene rings is 1. The Morgan fingerprint density at radius 2 is 1.89 bits per heavy atom. The number of hydrogen-bond donors (Lipinski definition) is 1. The monoisotopic (exact) mass is 444 g/mol. The fraction of sp³-hybridized carbons (Fsp3) is 0.0625. The third-order valence-electron chi connectivity index (χ3n) is 3.24. The predicted molar refractivity (Wildman–Crippen MR) is 103 cm³/mol. The van der Waals surface area contributed by atoms with Crippen LogP contribution in [0.15, 0.2) is 53.8 Å². The molecule has 7 nitrogen and oxygen atoms in total. The molecule has 140 valence electrons. The normalized spacial score (nSPS) is 11.2. The Labute approximate surface area is 170 Å². The molecule has 0 fully saturated rings. The van der Waals surface area contributed by atoms with Crippen LogP contribution in [0, 0.1) is 0 Å². The summed E-state index contributed by atoms with van der Waals surface area (Å²) in [6.07, 6.45) is 4.48. The van der Waals surface area contributed by atoms with Gasteiger partial charge in [-0.1, -0.05) is 46.9 Å². The van der Waals surface area contributed by atoms with Gasteiger partial charge in [0.1, 0.15) is 16.7 Å². The summed E-state index contributed by atoms with van der Waals surface area (Å²) in [4.78, 5) is 11.7. The molecule has 0 amide bonds. The third kappa shape index (κ3) is 4.78. The van der Waals surface area contributed by atoms with E-state index in [1.807, 2.05) is 0 Å². The van der Waals surface area contributed by atoms with Gasteiger partial charge in [0.25, 0.3) is 15.9 Å². The molecule has 27 heavy (non-hydrogen) atoms. The van der Waals surface area contributed by atoms with Gasteiger partial charge in [-0.3, -0.25) is 9.71 Å². The summed E-state index contributed by atoms with van der Waals surface area (Å²) in [5.74, 6) is -0.229. The number of pyridine rings is 1. The van der Waals surface area contributed by atoms with Crippen LogP contribution in [0.3, 0.4) is 0 Å². The topological polar surface area (TPSA) is 94.1 Å². The zero-order valence-electron chi connectivity index (χ0n) is 13.4. The first kappa shape index (κ1) is 19.6. The molecule has 0 saturated carbocycles. The van der Waals surface area contributed by atoms with E-state index in [1.54, 1.807) is 24.5 Å². The van der Waals surface area contributed by atoms with Crippen LogP contribution in [0.4, 0.5) is 5.82 Å². The van der Waals surface area contributed by atoms with Gasteiger partial charge in [0, 0.05) is 18.0 Å². The molecule has 2 heterocycles. The quantitative estimate of drug-likeness (QED) is 0.611. The molecule has 1 aromatic carbocycles. The van der Waals surface area contributed by atoms with E-state index in [0.29, 0.717) is 0 Å². The van der Waals surface area contributed by atoms with E-state index in [1.165, 1.54) is 24.4 Å². The first-order valence-corrected chi connectivity index (χ1v) is 9.99. The van der Waals surface area contributed by atoms with Crippen LogP contribution in [0.2, 0.25) is 15.2 Å². The largest absolute Gasteiger partial charge is 0.470 e. The second-order valence-electron chi connectivity index (χ2n) is 5.15. The molecule has 11 heteroatoms. The molecule has 0 unspecified atom stereocenters. The van der Waals surface area contributed by atoms with E-state index in [-0.39, 0.29) is 38.4 Å². The maximum atomic E-state index is 12.7. The van der Waals surface area contributed by atoms with Crippen LogP contribution >= 0.6 is 34.8 Å². The highest BCUT2D eigenvalue weighted by Gasteiger charge is 2.23. The van der Waals surface area contributed by atoms with Crippen LogP contribution in [0.1, 0.15) is 5.56 Å². The van der Waals surface area contributed by atoms with Crippen molar-refractivity contribution < 1.29 is 13.2 Å². The molecule has 0 atom stereocenters. The average Bonchev–Trinajstić information content (AvgIpc) is 2.64. The van der Waals surface area contributed by atoms with Crippen molar-refractivity contribution >= 4 is 50.6 Å². The molecule has 3 rings (SSSR count). The van der Waals surface area contributed by atoms with Crippen molar-refractivity contribution in [2.75, 3.05) is 4.72 Å². The van der Waals surface area contributed by atoms with E-state index >= 15 is 0 Å². The lowest BCUT2D eigenvalue weighted by molar-refractivity contribution is 0.294. The Morgan fingerprint density at radius 1 is 1.07 bits per heavy atom. The second-order valence-corrected chi connectivity index (χ2v) is 7.98. The Bertz CT molecular complexity index is 1070. The number of aromatic nitrogens is 3. The maximum absolute atomic E-state index is 12.7. The van der Waals surface area contributed by atoms with Crippen molar-refractivity contribution in [1.29, 1.82) is 0 Å². The Kier molecular flexibility index (Phi) is 6.01. The fourth-order valence-corrected chi connectivity index (χ4v) is 3.93. The SMILES string of the molecule is O=S(=O)(Nc1nc(Cl)cnc1OCc1cccnc1)c1cccc(Cl)c1Cl. The Hall–Kier alpha value is -2.13. The summed E-state index contributed by atoms with van der Waals surface area (Å²) in [7, 11) is -4.11. The number of nitrogens with zero attached hydrogens (tertiary/aromatic N) is 3. The lowest BCUT2D eigenvalue weighted by Gasteiger charge is -2.13. The van der Waals surface area contributed by atoms with E-state index in [0.717, 1.165) is 5.56 Å². The zero-order chi connectivity index (χ0) is 19.4. The van der Waals surface area contributed by atoms with Crippen molar-refractivity contribution in [3.8, 4) is 5.88 Å². The lowest BCUT2D eigenvalue weighted by Crippen LogP contribution is -2.16. The van der Waals surface area contributed by atoms with Crippen LogP contribution in [0.5, 0.6) is 5.88 Å². The Morgan fingerprint density at radius 3 is 2.63 bits per heavy atom. The standard InChI is InChI=1S/C16H11Cl3N4O3S/c17-11-4-1-5-12(14(11)19)27(24,25)23-15-16(21-8-13(18)22-15)26-9-10-3-2-6-20-7-10/h1-8H,9H2,(H,22,23). The van der Waals surface area contributed by atoms with Crippen molar-refractivity contribution in [2.45, 2.75) is 11.5 Å². The smallest absolute Gasteiger partial charge is 0.264 e. The van der Waals surface area contributed by atoms with Gasteiger partial charge in [-0.2, -0.15) is 0 Å². The molecule has 0 spiro atoms. The minimum absolute atomic E-state index is 0.0152. The molecule has 0 saturated heterocycles. The summed E-state index contributed by atoms with van der Waals surface area (Å²) in [6, 6.07) is 7.80. The summed E-state index contributed by atoms with van der Waals surface area (Å²) in [5, 5.41) is -0.0251. The molecular formula is C16H11Cl3N4O3S. The van der Waals surface area contributed by atoms with Crippen LogP contribution in [-0.4, -0.2) is 23.4 Å². The van der Waals surface area contributed by atoms with Gasteiger partial charge >= 0.3 is 0 Å². The summed E-state index contributed by atoms with van der Waals surface area (Å²) >= 11 is 17.7. The van der Waals surface area contributed by atoms with Crippen LogP contribution in [-0.2, 0) is 16.6 Å². The summed E-state index contributed by atoms with van der Waals surface area (Å²) in [5.41, 5.74) is 0.765. The van der Waals surface area contributed by atoms with Crippen LogP contribution in [0.25, 0.3) is 0 Å². The average molecular weight is 446 g/mol. The first-order chi connectivity index (χ1) is 12.9. The van der Waals surface area contributed by atoms with Gasteiger partial charge in [0.05, 0.1) is 16.2 Å². The second kappa shape index (κ2) is 8.26. The van der Waals surface area contributed by atoms with Gasteiger partial charge in [0.15, 0.2) is 0 Å². The third-order valence-corrected chi connectivity index (χ3v) is 5.74. The molecular weight excluding hydrogens is 435 g/mol. The number of nitrogens with one attached hydrogen (secondary N) is 1. The number of sulfonamides is 1. The highest BCUT2D eigenvalue weighted by atomic mass is 35.5. The van der Waals surface area contributed by atoms with Gasteiger partial charge in [-0.15, -0.1) is 0 Å². The lowest BCUT2D eigenvalue weighted by atomic mass is 10.3. The highest BCUT2D eigenvalue weighted by Crippen LogP contribution is 2.31. The number of halogens is 3. The molecule has 0 bridgehead atoms. The number of hydrogen-bond acceptors (Lipinski definition) is 6. The molecule has 3 aromatic rings. The molecule has 1 N–H and O–H groups in total. The minimum Gasteiger partial charge on any atom is -0.470 e. The molecule has 0 radical (unpaired) electrons. The molecule has 0 aliphatic carbocycles. The zero-order valence-corrected chi connectivity index (χ0v) is 16.5. The minimum atomic E-state index is -4.11. The van der Waals surface area contributed by atoms with Gasteiger partial charge in [-0.25, -0.2) is 18.4 Å². The molecule has 2 aromatic heterocycles. The van der Waals surface area contributed by atoms with Crippen molar-refractivity contribution in [3.05, 3.63) is 69.7 Å². The maximum Gasteiger partial charge on any atom is 0.264 e. The van der Waals surface area contributed by atoms with E-state index in [2.05, 4.69) is 19.7 Å². The number of rotatable bonds is 6. The highest BCUT2D eigenvalue weighted by molar-refractivity contribution is 7.92. The molecule has 0 aliphatic rings. The van der Waals surface area contributed by atoms with E-state index in [9.17, 15) is 8.42 Å². The van der Waals surface area contributed by atoms with Gasteiger partial charge in [0.2, 0.25) is 5.82 Å². The van der Waals surface area contributed by atoms with Crippen molar-refractivity contribution in [3.63, 3.8) is 0 Å². The fourth-order valence-electron chi connectivity index (χ4n) is 2.04. The number of ether oxygens (including phenoxy) is 1. The van der Waals surface area contributed by atoms with E-state index < -0.39 is 10.0 Å². The van der Waals surface area contributed by atoms with Gasteiger partial charge in [-0.05, 0) is 18.2 Å². The Balaban J connectivity index is 1.89.